The highest BCUT2D eigenvalue weighted by Crippen LogP contribution is 2.43. The third-order valence-corrected chi connectivity index (χ3v) is 5.24. The van der Waals surface area contributed by atoms with Crippen molar-refractivity contribution < 1.29 is 0 Å². The van der Waals surface area contributed by atoms with E-state index in [-0.39, 0.29) is 0 Å². The van der Waals surface area contributed by atoms with Gasteiger partial charge in [0, 0.05) is 6.04 Å². The summed E-state index contributed by atoms with van der Waals surface area (Å²) in [7, 11) is 0. The average Bonchev–Trinajstić information content (AvgIpc) is 3.32. The second kappa shape index (κ2) is 6.30. The van der Waals surface area contributed by atoms with Crippen LogP contribution < -0.4 is 5.32 Å². The minimum atomic E-state index is 0.565. The molecule has 0 radical (unpaired) electrons. The molecule has 0 spiro atoms. The van der Waals surface area contributed by atoms with Crippen molar-refractivity contribution in [2.45, 2.75) is 64.8 Å². The van der Waals surface area contributed by atoms with E-state index >= 15 is 0 Å². The molecule has 1 saturated carbocycles. The van der Waals surface area contributed by atoms with Crippen molar-refractivity contribution in [2.24, 2.45) is 11.8 Å². The minimum absolute atomic E-state index is 0.565. The molecule has 0 heterocycles. The molecule has 1 aromatic carbocycles. The first-order valence-corrected chi connectivity index (χ1v) is 8.64. The maximum Gasteiger partial charge on any atom is 0.0348 e. The average molecular weight is 271 g/mol. The molecule has 0 amide bonds. The highest BCUT2D eigenvalue weighted by molar-refractivity contribution is 5.35. The Morgan fingerprint density at radius 2 is 1.90 bits per heavy atom. The maximum atomic E-state index is 3.81. The van der Waals surface area contributed by atoms with Crippen LogP contribution in [0.25, 0.3) is 0 Å². The summed E-state index contributed by atoms with van der Waals surface area (Å²) in [5.74, 6) is 1.74. The quantitative estimate of drug-likeness (QED) is 0.794. The first-order chi connectivity index (χ1) is 9.79. The Labute approximate surface area is 124 Å². The number of hydrogen-bond donors (Lipinski definition) is 1. The van der Waals surface area contributed by atoms with Gasteiger partial charge in [0.05, 0.1) is 0 Å². The highest BCUT2D eigenvalue weighted by Gasteiger charge is 2.33. The van der Waals surface area contributed by atoms with Crippen LogP contribution in [0, 0.1) is 11.8 Å². The van der Waals surface area contributed by atoms with Crippen LogP contribution >= 0.6 is 0 Å². The molecule has 2 aliphatic rings. The van der Waals surface area contributed by atoms with Gasteiger partial charge in [0.2, 0.25) is 0 Å². The summed E-state index contributed by atoms with van der Waals surface area (Å²) in [6, 6.07) is 7.89. The molecular weight excluding hydrogens is 242 g/mol. The smallest absolute Gasteiger partial charge is 0.0348 e. The third-order valence-electron chi connectivity index (χ3n) is 5.24. The molecule has 2 aliphatic carbocycles. The van der Waals surface area contributed by atoms with Gasteiger partial charge >= 0.3 is 0 Å². The summed E-state index contributed by atoms with van der Waals surface area (Å²) < 4.78 is 0. The van der Waals surface area contributed by atoms with E-state index in [1.54, 1.807) is 16.7 Å². The van der Waals surface area contributed by atoms with Crippen LogP contribution in [0.5, 0.6) is 0 Å². The maximum absolute atomic E-state index is 3.81. The second-order valence-corrected chi connectivity index (χ2v) is 6.86. The van der Waals surface area contributed by atoms with Crippen LogP contribution in [0.4, 0.5) is 0 Å². The van der Waals surface area contributed by atoms with E-state index in [1.165, 1.54) is 44.9 Å². The lowest BCUT2D eigenvalue weighted by Gasteiger charge is -2.27. The lowest BCUT2D eigenvalue weighted by atomic mass is 9.85. The number of rotatable bonds is 6. The van der Waals surface area contributed by atoms with Crippen LogP contribution in [0.3, 0.4) is 0 Å². The summed E-state index contributed by atoms with van der Waals surface area (Å²) in [6.07, 6.45) is 9.44. The van der Waals surface area contributed by atoms with E-state index in [2.05, 4.69) is 37.4 Å². The molecule has 0 aliphatic heterocycles. The van der Waals surface area contributed by atoms with E-state index in [1.807, 2.05) is 0 Å². The summed E-state index contributed by atoms with van der Waals surface area (Å²) in [5.41, 5.74) is 4.77. The topological polar surface area (TPSA) is 12.0 Å². The van der Waals surface area contributed by atoms with Crippen molar-refractivity contribution in [1.82, 2.24) is 5.32 Å². The van der Waals surface area contributed by atoms with Gasteiger partial charge in [0.25, 0.3) is 0 Å². The molecule has 0 aromatic heterocycles. The monoisotopic (exact) mass is 271 g/mol. The summed E-state index contributed by atoms with van der Waals surface area (Å²) in [5, 5.41) is 3.81. The SMILES string of the molecule is CCCNC(c1ccc2c(c1)CCCC2)C(C)C1CC1. The number of aryl methyl sites for hydroxylation is 2. The van der Waals surface area contributed by atoms with E-state index in [0.29, 0.717) is 6.04 Å². The van der Waals surface area contributed by atoms with Gasteiger partial charge in [-0.05, 0) is 80.0 Å². The first-order valence-electron chi connectivity index (χ1n) is 8.64. The predicted molar refractivity (Wildman–Crippen MR) is 86.0 cm³/mol. The van der Waals surface area contributed by atoms with Crippen molar-refractivity contribution in [1.29, 1.82) is 0 Å². The Bertz CT molecular complexity index is 447. The van der Waals surface area contributed by atoms with Gasteiger partial charge in [-0.2, -0.15) is 0 Å². The van der Waals surface area contributed by atoms with E-state index in [4.69, 9.17) is 0 Å². The fraction of sp³-hybridized carbons (Fsp3) is 0.684. The summed E-state index contributed by atoms with van der Waals surface area (Å²) >= 11 is 0. The zero-order chi connectivity index (χ0) is 13.9. The van der Waals surface area contributed by atoms with Crippen LogP contribution in [0.15, 0.2) is 18.2 Å². The van der Waals surface area contributed by atoms with Crippen LogP contribution in [-0.4, -0.2) is 6.54 Å². The molecular formula is C19H29N. The standard InChI is InChI=1S/C19H29N/c1-3-12-20-19(14(2)15-8-9-15)18-11-10-16-6-4-5-7-17(16)13-18/h10-11,13-15,19-20H,3-9,12H2,1-2H3. The number of fused-ring (bicyclic) bond motifs is 1. The van der Waals surface area contributed by atoms with Gasteiger partial charge in [-0.1, -0.05) is 32.0 Å². The van der Waals surface area contributed by atoms with Crippen LogP contribution in [0.1, 0.15) is 68.7 Å². The molecule has 110 valence electrons. The van der Waals surface area contributed by atoms with Gasteiger partial charge in [0.1, 0.15) is 0 Å². The summed E-state index contributed by atoms with van der Waals surface area (Å²) in [6.45, 7) is 5.85. The summed E-state index contributed by atoms with van der Waals surface area (Å²) in [4.78, 5) is 0. The molecule has 1 heteroatoms. The van der Waals surface area contributed by atoms with Crippen LogP contribution in [-0.2, 0) is 12.8 Å². The van der Waals surface area contributed by atoms with Gasteiger partial charge in [-0.15, -0.1) is 0 Å². The van der Waals surface area contributed by atoms with Crippen molar-refractivity contribution >= 4 is 0 Å². The Kier molecular flexibility index (Phi) is 4.45. The van der Waals surface area contributed by atoms with E-state index in [9.17, 15) is 0 Å². The fourth-order valence-corrected chi connectivity index (χ4v) is 3.75. The zero-order valence-corrected chi connectivity index (χ0v) is 13.1. The molecule has 1 nitrogen and oxygen atoms in total. The van der Waals surface area contributed by atoms with E-state index in [0.717, 1.165) is 18.4 Å². The largest absolute Gasteiger partial charge is 0.310 e. The second-order valence-electron chi connectivity index (χ2n) is 6.86. The lowest BCUT2D eigenvalue weighted by molar-refractivity contribution is 0.349. The molecule has 1 fully saturated rings. The Hall–Kier alpha value is -0.820. The van der Waals surface area contributed by atoms with Gasteiger partial charge < -0.3 is 5.32 Å². The Balaban J connectivity index is 1.81. The number of nitrogens with one attached hydrogen (secondary N) is 1. The molecule has 20 heavy (non-hydrogen) atoms. The molecule has 1 aromatic rings. The van der Waals surface area contributed by atoms with Gasteiger partial charge in [-0.3, -0.25) is 0 Å². The van der Waals surface area contributed by atoms with E-state index < -0.39 is 0 Å². The van der Waals surface area contributed by atoms with Gasteiger partial charge in [-0.25, -0.2) is 0 Å². The lowest BCUT2D eigenvalue weighted by Crippen LogP contribution is -2.29. The van der Waals surface area contributed by atoms with Crippen molar-refractivity contribution in [3.63, 3.8) is 0 Å². The number of hydrogen-bond acceptors (Lipinski definition) is 1. The van der Waals surface area contributed by atoms with Crippen molar-refractivity contribution in [3.8, 4) is 0 Å². The molecule has 2 unspecified atom stereocenters. The number of benzene rings is 1. The predicted octanol–water partition coefficient (Wildman–Crippen LogP) is 4.65. The Morgan fingerprint density at radius 3 is 2.60 bits per heavy atom. The van der Waals surface area contributed by atoms with Crippen molar-refractivity contribution in [2.75, 3.05) is 6.54 Å². The molecule has 0 saturated heterocycles. The molecule has 0 bridgehead atoms. The van der Waals surface area contributed by atoms with Gasteiger partial charge in [0.15, 0.2) is 0 Å². The minimum Gasteiger partial charge on any atom is -0.310 e. The Morgan fingerprint density at radius 1 is 1.15 bits per heavy atom. The van der Waals surface area contributed by atoms with Crippen LogP contribution in [0.2, 0.25) is 0 Å². The molecule has 1 N–H and O–H groups in total. The zero-order valence-electron chi connectivity index (χ0n) is 13.1. The molecule has 3 rings (SSSR count). The van der Waals surface area contributed by atoms with Crippen molar-refractivity contribution in [3.05, 3.63) is 34.9 Å². The normalized spacial score (nSPS) is 21.3. The highest BCUT2D eigenvalue weighted by atomic mass is 14.9. The third kappa shape index (κ3) is 3.09. The first kappa shape index (κ1) is 14.1. The fourth-order valence-electron chi connectivity index (χ4n) is 3.75. The molecule has 2 atom stereocenters.